The van der Waals surface area contributed by atoms with E-state index in [0.29, 0.717) is 6.04 Å². The van der Waals surface area contributed by atoms with Crippen LogP contribution in [0.25, 0.3) is 0 Å². The third-order valence-electron chi connectivity index (χ3n) is 1.27. The first-order valence-electron chi connectivity index (χ1n) is 2.73. The zero-order valence-corrected chi connectivity index (χ0v) is 10.6. The van der Waals surface area contributed by atoms with Crippen molar-refractivity contribution in [3.05, 3.63) is 0 Å². The van der Waals surface area contributed by atoms with Gasteiger partial charge in [-0.15, -0.1) is 0 Å². The summed E-state index contributed by atoms with van der Waals surface area (Å²) in [4.78, 5) is 0. The molecule has 2 nitrogen and oxygen atoms in total. The van der Waals surface area contributed by atoms with Crippen molar-refractivity contribution in [1.29, 1.82) is 0 Å². The van der Waals surface area contributed by atoms with Crippen LogP contribution in [0.4, 0.5) is 0 Å². The van der Waals surface area contributed by atoms with Crippen molar-refractivity contribution in [2.45, 2.75) is 18.9 Å². The summed E-state index contributed by atoms with van der Waals surface area (Å²) in [6.45, 7) is 1.72. The van der Waals surface area contributed by atoms with E-state index in [0.717, 1.165) is 26.1 Å². The van der Waals surface area contributed by atoms with Crippen molar-refractivity contribution in [2.75, 3.05) is 13.2 Å². The number of rotatable bonds is 0. The van der Waals surface area contributed by atoms with E-state index in [1.165, 1.54) is 0 Å². The Labute approximate surface area is 69.9 Å². The van der Waals surface area contributed by atoms with Crippen LogP contribution in [0, 0.1) is 0 Å². The second-order valence-electron chi connectivity index (χ2n) is 1.95. The molecule has 1 aliphatic heterocycles. The van der Waals surface area contributed by atoms with Crippen LogP contribution in [0.15, 0.2) is 0 Å². The summed E-state index contributed by atoms with van der Waals surface area (Å²) in [5.74, 6) is 0. The standard InChI is InChI=1S/C5H11NO.Pb.2H/c6-5-1-3-7-4-2-5;;;/h5H,1-4,6H2;;;. The molecule has 1 saturated heterocycles. The second-order valence-corrected chi connectivity index (χ2v) is 1.95. The van der Waals surface area contributed by atoms with Crippen molar-refractivity contribution in [2.24, 2.45) is 5.73 Å². The molecule has 1 heterocycles. The Balaban J connectivity index is 0.000000490. The van der Waals surface area contributed by atoms with E-state index in [2.05, 4.69) is 0 Å². The summed E-state index contributed by atoms with van der Waals surface area (Å²) in [7, 11) is 0. The number of nitrogens with two attached hydrogens (primary N) is 1. The number of hydrogen-bond acceptors (Lipinski definition) is 2. The molecule has 0 aromatic heterocycles. The van der Waals surface area contributed by atoms with Gasteiger partial charge in [-0.05, 0) is 12.8 Å². The molecule has 0 unspecified atom stereocenters. The average molecular weight is 310 g/mol. The van der Waals surface area contributed by atoms with Gasteiger partial charge in [-0.25, -0.2) is 0 Å². The summed E-state index contributed by atoms with van der Waals surface area (Å²) in [6.07, 6.45) is 2.08. The van der Waals surface area contributed by atoms with Crippen molar-refractivity contribution in [1.82, 2.24) is 0 Å². The number of hydrogen-bond donors (Lipinski definition) is 1. The van der Waals surface area contributed by atoms with Crippen molar-refractivity contribution < 1.29 is 4.74 Å². The van der Waals surface area contributed by atoms with Gasteiger partial charge in [0.25, 0.3) is 0 Å². The molecule has 0 amide bonds. The van der Waals surface area contributed by atoms with E-state index in [4.69, 9.17) is 10.5 Å². The molecule has 0 aromatic rings. The molecule has 0 spiro atoms. The Hall–Kier alpha value is 0.842. The Kier molecular flexibility index (Phi) is 5.19. The third kappa shape index (κ3) is 2.99. The van der Waals surface area contributed by atoms with Crippen molar-refractivity contribution >= 4 is 27.3 Å². The zero-order valence-electron chi connectivity index (χ0n) is 5.10. The Morgan fingerprint density at radius 1 is 1.25 bits per heavy atom. The summed E-state index contributed by atoms with van der Waals surface area (Å²) in [5.41, 5.74) is 5.55. The average Bonchev–Trinajstić information content (AvgIpc) is 1.69. The third-order valence-corrected chi connectivity index (χ3v) is 1.27. The fourth-order valence-corrected chi connectivity index (χ4v) is 0.716. The van der Waals surface area contributed by atoms with Gasteiger partial charge in [0, 0.05) is 19.3 Å². The molecule has 0 atom stereocenters. The molecule has 0 aliphatic carbocycles. The topological polar surface area (TPSA) is 35.2 Å². The summed E-state index contributed by atoms with van der Waals surface area (Å²) < 4.78 is 5.06. The van der Waals surface area contributed by atoms with Crippen molar-refractivity contribution in [3.8, 4) is 0 Å². The predicted octanol–water partition coefficient (Wildman–Crippen LogP) is -0.792. The van der Waals surface area contributed by atoms with Crippen LogP contribution < -0.4 is 5.73 Å². The van der Waals surface area contributed by atoms with Crippen LogP contribution in [0.2, 0.25) is 0 Å². The maximum absolute atomic E-state index is 5.55. The van der Waals surface area contributed by atoms with E-state index in [-0.39, 0.29) is 27.3 Å². The van der Waals surface area contributed by atoms with Crippen LogP contribution in [0.3, 0.4) is 0 Å². The first-order valence-corrected chi connectivity index (χ1v) is 2.73. The monoisotopic (exact) mass is 311 g/mol. The van der Waals surface area contributed by atoms with Gasteiger partial charge in [0.1, 0.15) is 0 Å². The van der Waals surface area contributed by atoms with Gasteiger partial charge in [-0.1, -0.05) is 0 Å². The molecule has 1 aliphatic rings. The van der Waals surface area contributed by atoms with Crippen LogP contribution >= 0.6 is 0 Å². The Morgan fingerprint density at radius 3 is 2.00 bits per heavy atom. The molecule has 0 bridgehead atoms. The zero-order chi connectivity index (χ0) is 5.11. The maximum atomic E-state index is 5.55. The predicted molar refractivity (Wildman–Crippen MR) is 36.6 cm³/mol. The Morgan fingerprint density at radius 2 is 1.75 bits per heavy atom. The fraction of sp³-hybridized carbons (Fsp3) is 1.00. The molecule has 1 rings (SSSR count). The van der Waals surface area contributed by atoms with Crippen LogP contribution in [-0.2, 0) is 4.74 Å². The normalized spacial score (nSPS) is 22.1. The molecule has 48 valence electrons. The van der Waals surface area contributed by atoms with Gasteiger partial charge in [-0.2, -0.15) is 0 Å². The van der Waals surface area contributed by atoms with E-state index in [9.17, 15) is 0 Å². The minimum absolute atomic E-state index is 0. The van der Waals surface area contributed by atoms with Crippen LogP contribution in [0.1, 0.15) is 12.8 Å². The molecule has 3 heteroatoms. The summed E-state index contributed by atoms with van der Waals surface area (Å²) >= 11 is 0. The van der Waals surface area contributed by atoms with Gasteiger partial charge in [0.05, 0.1) is 0 Å². The molecular weight excluding hydrogens is 297 g/mol. The first kappa shape index (κ1) is 8.84. The van der Waals surface area contributed by atoms with Crippen LogP contribution in [-0.4, -0.2) is 46.6 Å². The van der Waals surface area contributed by atoms with E-state index < -0.39 is 0 Å². The summed E-state index contributed by atoms with van der Waals surface area (Å²) in [5, 5.41) is 0. The van der Waals surface area contributed by atoms with Crippen LogP contribution in [0.5, 0.6) is 0 Å². The van der Waals surface area contributed by atoms with E-state index in [1.54, 1.807) is 0 Å². The minimum atomic E-state index is 0. The molecule has 0 aromatic carbocycles. The van der Waals surface area contributed by atoms with E-state index >= 15 is 0 Å². The quantitative estimate of drug-likeness (QED) is 0.595. The molecule has 1 fully saturated rings. The van der Waals surface area contributed by atoms with E-state index in [1.807, 2.05) is 0 Å². The van der Waals surface area contributed by atoms with Gasteiger partial charge in [-0.3, -0.25) is 0 Å². The molecule has 2 N–H and O–H groups in total. The molecule has 0 saturated carbocycles. The van der Waals surface area contributed by atoms with Gasteiger partial charge in [0.2, 0.25) is 0 Å². The molecular formula is C5H13NOPb. The van der Waals surface area contributed by atoms with Gasteiger partial charge in [0.15, 0.2) is 0 Å². The summed E-state index contributed by atoms with van der Waals surface area (Å²) in [6, 6.07) is 0.411. The SMILES string of the molecule is NC1CCOCC1.[PbH2]. The van der Waals surface area contributed by atoms with Crippen molar-refractivity contribution in [3.63, 3.8) is 0 Å². The fourth-order valence-electron chi connectivity index (χ4n) is 0.716. The van der Waals surface area contributed by atoms with Gasteiger partial charge < -0.3 is 10.5 Å². The molecule has 8 heavy (non-hydrogen) atoms. The first-order chi connectivity index (χ1) is 3.39. The Bertz CT molecular complexity index is 54.4. The number of ether oxygens (including phenoxy) is 1. The van der Waals surface area contributed by atoms with Gasteiger partial charge >= 0.3 is 27.3 Å². The molecule has 2 radical (unpaired) electrons. The second kappa shape index (κ2) is 4.70.